The summed E-state index contributed by atoms with van der Waals surface area (Å²) in [7, 11) is 0. The predicted octanol–water partition coefficient (Wildman–Crippen LogP) is 2.97. The minimum atomic E-state index is 0.194. The number of thioether (sulfide) groups is 1. The van der Waals surface area contributed by atoms with Crippen LogP contribution in [0.15, 0.2) is 29.3 Å². The fourth-order valence-electron chi connectivity index (χ4n) is 1.48. The van der Waals surface area contributed by atoms with Crippen molar-refractivity contribution in [3.63, 3.8) is 0 Å². The van der Waals surface area contributed by atoms with Crippen molar-refractivity contribution in [1.82, 2.24) is 0 Å². The maximum absolute atomic E-state index is 9.87. The second kappa shape index (κ2) is 5.94. The van der Waals surface area contributed by atoms with Crippen molar-refractivity contribution >= 4 is 17.8 Å². The van der Waals surface area contributed by atoms with Crippen LogP contribution in [0.1, 0.15) is 20.3 Å². The van der Waals surface area contributed by atoms with Crippen LogP contribution in [-0.4, -0.2) is 23.1 Å². The quantitative estimate of drug-likeness (QED) is 0.407. The van der Waals surface area contributed by atoms with Crippen LogP contribution >= 0.6 is 11.8 Å². The topological polar surface area (TPSA) is 29.4 Å². The van der Waals surface area contributed by atoms with Crippen LogP contribution in [0, 0.1) is 5.92 Å². The summed E-state index contributed by atoms with van der Waals surface area (Å²) in [5.41, 5.74) is 0. The Labute approximate surface area is 95.5 Å². The number of allylic oxidation sites excluding steroid dienone is 3. The number of aliphatic imine (C=N–C) groups is 1. The lowest BCUT2D eigenvalue weighted by atomic mass is 9.91. The highest BCUT2D eigenvalue weighted by atomic mass is 32.2. The molecule has 0 amide bonds. The van der Waals surface area contributed by atoms with Gasteiger partial charge in [0.2, 0.25) is 6.08 Å². The normalized spacial score (nSPS) is 28.8. The van der Waals surface area contributed by atoms with Gasteiger partial charge in [0.05, 0.1) is 6.54 Å². The Morgan fingerprint density at radius 1 is 1.53 bits per heavy atom. The highest BCUT2D eigenvalue weighted by Crippen LogP contribution is 2.37. The molecule has 1 rings (SSSR count). The van der Waals surface area contributed by atoms with Crippen molar-refractivity contribution < 1.29 is 4.79 Å². The zero-order valence-electron chi connectivity index (χ0n) is 9.27. The number of hydrogen-bond donors (Lipinski definition) is 0. The van der Waals surface area contributed by atoms with Gasteiger partial charge in [-0.1, -0.05) is 31.2 Å². The molecular weight excluding hydrogens is 206 g/mol. The zero-order chi connectivity index (χ0) is 11.1. The van der Waals surface area contributed by atoms with Gasteiger partial charge < -0.3 is 0 Å². The number of carbonyl (C=O) groups excluding carboxylic acids is 1. The van der Waals surface area contributed by atoms with Crippen LogP contribution in [0.5, 0.6) is 0 Å². The summed E-state index contributed by atoms with van der Waals surface area (Å²) in [5.74, 6) is 1.59. The lowest BCUT2D eigenvalue weighted by Gasteiger charge is -2.32. The Morgan fingerprint density at radius 3 is 3.00 bits per heavy atom. The summed E-state index contributed by atoms with van der Waals surface area (Å²) < 4.78 is 0.194. The van der Waals surface area contributed by atoms with E-state index in [2.05, 4.69) is 43.1 Å². The summed E-state index contributed by atoms with van der Waals surface area (Å²) in [4.78, 5) is 13.4. The van der Waals surface area contributed by atoms with E-state index in [-0.39, 0.29) is 4.75 Å². The van der Waals surface area contributed by atoms with Gasteiger partial charge in [-0.25, -0.2) is 9.79 Å². The summed E-state index contributed by atoms with van der Waals surface area (Å²) in [6.07, 6.45) is 11.2. The molecule has 0 spiro atoms. The van der Waals surface area contributed by atoms with Crippen molar-refractivity contribution in [3.05, 3.63) is 24.3 Å². The molecule has 2 unspecified atom stereocenters. The fraction of sp³-hybridized carbons (Fsp3) is 0.583. The lowest BCUT2D eigenvalue weighted by molar-refractivity contribution is 0.562. The van der Waals surface area contributed by atoms with Gasteiger partial charge in [-0.05, 0) is 25.0 Å². The molecular formula is C12H17NOS. The second-order valence-electron chi connectivity index (χ2n) is 3.89. The second-order valence-corrected chi connectivity index (χ2v) is 5.47. The standard InChI is InChI=1S/C12H17NOS/c1-11-6-3-4-7-12(11,2)15-9-5-8-13-10-14/h3-4,6-7,11H,5,8-9H2,1-2H3. The average molecular weight is 223 g/mol. The smallest absolute Gasteiger partial charge is 0.211 e. The third kappa shape index (κ3) is 3.69. The van der Waals surface area contributed by atoms with Crippen LogP contribution < -0.4 is 0 Å². The van der Waals surface area contributed by atoms with E-state index in [4.69, 9.17) is 0 Å². The summed E-state index contributed by atoms with van der Waals surface area (Å²) in [5, 5.41) is 0. The Kier molecular flexibility index (Phi) is 4.86. The van der Waals surface area contributed by atoms with Crippen LogP contribution in [0.4, 0.5) is 0 Å². The maximum Gasteiger partial charge on any atom is 0.234 e. The van der Waals surface area contributed by atoms with Gasteiger partial charge in [0.25, 0.3) is 0 Å². The molecule has 0 saturated heterocycles. The first-order valence-corrected chi connectivity index (χ1v) is 6.21. The van der Waals surface area contributed by atoms with Crippen molar-refractivity contribution in [2.45, 2.75) is 25.0 Å². The van der Waals surface area contributed by atoms with Crippen molar-refractivity contribution in [2.24, 2.45) is 10.9 Å². The van der Waals surface area contributed by atoms with Crippen molar-refractivity contribution in [2.75, 3.05) is 12.3 Å². The highest BCUT2D eigenvalue weighted by molar-refractivity contribution is 8.00. The van der Waals surface area contributed by atoms with Gasteiger partial charge in [-0.2, -0.15) is 11.8 Å². The Hall–Kier alpha value is -0.790. The molecule has 0 bridgehead atoms. The van der Waals surface area contributed by atoms with Crippen LogP contribution in [0.25, 0.3) is 0 Å². The fourth-order valence-corrected chi connectivity index (χ4v) is 2.71. The summed E-state index contributed by atoms with van der Waals surface area (Å²) >= 11 is 1.93. The van der Waals surface area contributed by atoms with Gasteiger partial charge in [0, 0.05) is 4.75 Å². The van der Waals surface area contributed by atoms with Crippen LogP contribution in [0.2, 0.25) is 0 Å². The minimum absolute atomic E-state index is 0.194. The van der Waals surface area contributed by atoms with E-state index in [1.54, 1.807) is 6.08 Å². The van der Waals surface area contributed by atoms with E-state index >= 15 is 0 Å². The van der Waals surface area contributed by atoms with E-state index in [1.807, 2.05) is 11.8 Å². The molecule has 0 aromatic heterocycles. The SMILES string of the molecule is CC1C=CC=CC1(C)SCCCN=C=O. The Bertz CT molecular complexity index is 305. The number of nitrogens with zero attached hydrogens (tertiary/aromatic N) is 1. The molecule has 0 fully saturated rings. The highest BCUT2D eigenvalue weighted by Gasteiger charge is 2.28. The third-order valence-electron chi connectivity index (χ3n) is 2.73. The molecule has 2 atom stereocenters. The molecule has 0 aromatic rings. The molecule has 0 heterocycles. The third-order valence-corrected chi connectivity index (χ3v) is 4.36. The molecule has 0 saturated carbocycles. The van der Waals surface area contributed by atoms with E-state index in [1.165, 1.54) is 0 Å². The predicted molar refractivity (Wildman–Crippen MR) is 65.9 cm³/mol. The monoisotopic (exact) mass is 223 g/mol. The summed E-state index contributed by atoms with van der Waals surface area (Å²) in [6, 6.07) is 0. The number of rotatable bonds is 5. The molecule has 2 nitrogen and oxygen atoms in total. The van der Waals surface area contributed by atoms with Gasteiger partial charge in [-0.15, -0.1) is 0 Å². The first-order valence-electron chi connectivity index (χ1n) is 5.22. The Balaban J connectivity index is 2.33. The number of hydrogen-bond acceptors (Lipinski definition) is 3. The first-order chi connectivity index (χ1) is 7.19. The maximum atomic E-state index is 9.87. The molecule has 0 N–H and O–H groups in total. The van der Waals surface area contributed by atoms with E-state index in [9.17, 15) is 4.79 Å². The van der Waals surface area contributed by atoms with Gasteiger partial charge >= 0.3 is 0 Å². The van der Waals surface area contributed by atoms with E-state index in [0.717, 1.165) is 12.2 Å². The number of isocyanates is 1. The molecule has 1 aliphatic rings. The minimum Gasteiger partial charge on any atom is -0.211 e. The lowest BCUT2D eigenvalue weighted by Crippen LogP contribution is -2.27. The molecule has 15 heavy (non-hydrogen) atoms. The van der Waals surface area contributed by atoms with Crippen molar-refractivity contribution in [1.29, 1.82) is 0 Å². The largest absolute Gasteiger partial charge is 0.234 e. The average Bonchev–Trinajstić information content (AvgIpc) is 2.23. The summed E-state index contributed by atoms with van der Waals surface area (Å²) in [6.45, 7) is 5.09. The van der Waals surface area contributed by atoms with E-state index in [0.29, 0.717) is 12.5 Å². The first kappa shape index (κ1) is 12.3. The molecule has 0 aliphatic heterocycles. The van der Waals surface area contributed by atoms with Crippen LogP contribution in [-0.2, 0) is 4.79 Å². The molecule has 3 heteroatoms. The van der Waals surface area contributed by atoms with E-state index < -0.39 is 0 Å². The van der Waals surface area contributed by atoms with Crippen LogP contribution in [0.3, 0.4) is 0 Å². The van der Waals surface area contributed by atoms with Gasteiger partial charge in [0.1, 0.15) is 0 Å². The molecule has 0 aromatic carbocycles. The van der Waals surface area contributed by atoms with Gasteiger partial charge in [-0.3, -0.25) is 0 Å². The molecule has 82 valence electrons. The Morgan fingerprint density at radius 2 is 2.33 bits per heavy atom. The molecule has 1 aliphatic carbocycles. The van der Waals surface area contributed by atoms with Crippen molar-refractivity contribution in [3.8, 4) is 0 Å². The molecule has 0 radical (unpaired) electrons. The zero-order valence-corrected chi connectivity index (χ0v) is 10.1. The van der Waals surface area contributed by atoms with Gasteiger partial charge in [0.15, 0.2) is 0 Å².